The standard InChI is InChI=1S/C16H22N2/c1-12-6-7-16(8-13(12)2)18-11-15-5-3-4-14(9-15)10-17/h3-5,9,12-13,16,18H,6-8,11H2,1-2H3. The van der Waals surface area contributed by atoms with Gasteiger partial charge in [0, 0.05) is 12.6 Å². The van der Waals surface area contributed by atoms with Gasteiger partial charge in [-0.15, -0.1) is 0 Å². The van der Waals surface area contributed by atoms with E-state index in [9.17, 15) is 0 Å². The molecule has 0 aromatic heterocycles. The molecule has 2 rings (SSSR count). The van der Waals surface area contributed by atoms with E-state index in [4.69, 9.17) is 5.26 Å². The van der Waals surface area contributed by atoms with Gasteiger partial charge in [0.25, 0.3) is 0 Å². The van der Waals surface area contributed by atoms with Crippen molar-refractivity contribution in [3.63, 3.8) is 0 Å². The molecule has 0 spiro atoms. The lowest BCUT2D eigenvalue weighted by Crippen LogP contribution is -2.35. The highest BCUT2D eigenvalue weighted by Gasteiger charge is 2.23. The van der Waals surface area contributed by atoms with Crippen molar-refractivity contribution in [2.75, 3.05) is 0 Å². The molecule has 1 fully saturated rings. The summed E-state index contributed by atoms with van der Waals surface area (Å²) in [5, 5.41) is 12.5. The van der Waals surface area contributed by atoms with Crippen molar-refractivity contribution in [3.05, 3.63) is 35.4 Å². The fraction of sp³-hybridized carbons (Fsp3) is 0.562. The molecule has 0 saturated heterocycles. The highest BCUT2D eigenvalue weighted by molar-refractivity contribution is 5.32. The van der Waals surface area contributed by atoms with Crippen LogP contribution >= 0.6 is 0 Å². The maximum absolute atomic E-state index is 8.87. The molecule has 0 amide bonds. The molecule has 1 aliphatic rings. The average molecular weight is 242 g/mol. The average Bonchev–Trinajstić information content (AvgIpc) is 2.40. The zero-order chi connectivity index (χ0) is 13.0. The van der Waals surface area contributed by atoms with Crippen molar-refractivity contribution in [2.24, 2.45) is 11.8 Å². The summed E-state index contributed by atoms with van der Waals surface area (Å²) in [5.41, 5.74) is 1.96. The summed E-state index contributed by atoms with van der Waals surface area (Å²) < 4.78 is 0. The summed E-state index contributed by atoms with van der Waals surface area (Å²) in [7, 11) is 0. The smallest absolute Gasteiger partial charge is 0.0991 e. The van der Waals surface area contributed by atoms with Gasteiger partial charge < -0.3 is 5.32 Å². The minimum absolute atomic E-state index is 0.641. The number of nitrogens with zero attached hydrogens (tertiary/aromatic N) is 1. The number of hydrogen-bond donors (Lipinski definition) is 1. The van der Waals surface area contributed by atoms with Gasteiger partial charge in [0.05, 0.1) is 11.6 Å². The van der Waals surface area contributed by atoms with Crippen LogP contribution in [-0.2, 0) is 6.54 Å². The second-order valence-electron chi connectivity index (χ2n) is 5.66. The first-order valence-corrected chi connectivity index (χ1v) is 6.91. The van der Waals surface area contributed by atoms with E-state index in [1.165, 1.54) is 24.8 Å². The van der Waals surface area contributed by atoms with Crippen molar-refractivity contribution in [1.82, 2.24) is 5.32 Å². The summed E-state index contributed by atoms with van der Waals surface area (Å²) in [5.74, 6) is 1.69. The van der Waals surface area contributed by atoms with Gasteiger partial charge in [-0.05, 0) is 48.8 Å². The molecule has 1 aromatic carbocycles. The van der Waals surface area contributed by atoms with Crippen molar-refractivity contribution in [2.45, 2.75) is 45.7 Å². The molecular weight excluding hydrogens is 220 g/mol. The number of hydrogen-bond acceptors (Lipinski definition) is 2. The van der Waals surface area contributed by atoms with Crippen LogP contribution in [0, 0.1) is 23.2 Å². The highest BCUT2D eigenvalue weighted by atomic mass is 14.9. The number of benzene rings is 1. The van der Waals surface area contributed by atoms with Gasteiger partial charge in [-0.2, -0.15) is 5.26 Å². The molecule has 0 heterocycles. The van der Waals surface area contributed by atoms with E-state index in [-0.39, 0.29) is 0 Å². The molecular formula is C16H22N2. The van der Waals surface area contributed by atoms with Gasteiger partial charge in [0.15, 0.2) is 0 Å². The molecule has 96 valence electrons. The third kappa shape index (κ3) is 3.34. The fourth-order valence-corrected chi connectivity index (χ4v) is 2.75. The number of rotatable bonds is 3. The van der Waals surface area contributed by atoms with E-state index in [0.717, 1.165) is 23.9 Å². The van der Waals surface area contributed by atoms with Gasteiger partial charge in [0.1, 0.15) is 0 Å². The predicted octanol–water partition coefficient (Wildman–Crippen LogP) is 3.47. The first-order chi connectivity index (χ1) is 8.69. The van der Waals surface area contributed by atoms with Crippen molar-refractivity contribution in [1.29, 1.82) is 5.26 Å². The van der Waals surface area contributed by atoms with Gasteiger partial charge in [0.2, 0.25) is 0 Å². The maximum atomic E-state index is 8.87. The molecule has 1 aliphatic carbocycles. The second kappa shape index (κ2) is 6.02. The van der Waals surface area contributed by atoms with Gasteiger partial charge in [-0.3, -0.25) is 0 Å². The third-order valence-electron chi connectivity index (χ3n) is 4.25. The van der Waals surface area contributed by atoms with E-state index >= 15 is 0 Å². The largest absolute Gasteiger partial charge is 0.310 e. The summed E-state index contributed by atoms with van der Waals surface area (Å²) in [6.45, 7) is 5.59. The van der Waals surface area contributed by atoms with E-state index in [1.807, 2.05) is 18.2 Å². The Bertz CT molecular complexity index is 433. The van der Waals surface area contributed by atoms with Crippen LogP contribution in [0.15, 0.2) is 24.3 Å². The van der Waals surface area contributed by atoms with Crippen molar-refractivity contribution >= 4 is 0 Å². The topological polar surface area (TPSA) is 35.8 Å². The molecule has 3 atom stereocenters. The van der Waals surface area contributed by atoms with E-state index < -0.39 is 0 Å². The summed E-state index contributed by atoms with van der Waals surface area (Å²) in [6.07, 6.45) is 3.89. The lowest BCUT2D eigenvalue weighted by atomic mass is 9.79. The summed E-state index contributed by atoms with van der Waals surface area (Å²) in [6, 6.07) is 10.7. The van der Waals surface area contributed by atoms with Crippen LogP contribution in [0.1, 0.15) is 44.2 Å². The molecule has 3 unspecified atom stereocenters. The van der Waals surface area contributed by atoms with Crippen LogP contribution in [0.5, 0.6) is 0 Å². The van der Waals surface area contributed by atoms with Gasteiger partial charge in [-0.1, -0.05) is 26.0 Å². The number of nitrogens with one attached hydrogen (secondary N) is 1. The molecule has 2 nitrogen and oxygen atoms in total. The minimum atomic E-state index is 0.641. The Balaban J connectivity index is 1.86. The van der Waals surface area contributed by atoms with E-state index in [2.05, 4.69) is 31.3 Å². The van der Waals surface area contributed by atoms with Gasteiger partial charge in [-0.25, -0.2) is 0 Å². The Kier molecular flexibility index (Phi) is 4.38. The van der Waals surface area contributed by atoms with E-state index in [0.29, 0.717) is 6.04 Å². The zero-order valence-corrected chi connectivity index (χ0v) is 11.3. The molecule has 0 radical (unpaired) electrons. The molecule has 1 N–H and O–H groups in total. The Hall–Kier alpha value is -1.33. The van der Waals surface area contributed by atoms with Crippen LogP contribution in [0.2, 0.25) is 0 Å². The summed E-state index contributed by atoms with van der Waals surface area (Å²) in [4.78, 5) is 0. The van der Waals surface area contributed by atoms with Crippen LogP contribution in [0.4, 0.5) is 0 Å². The Morgan fingerprint density at radius 2 is 2.11 bits per heavy atom. The van der Waals surface area contributed by atoms with Crippen LogP contribution in [0.3, 0.4) is 0 Å². The predicted molar refractivity (Wildman–Crippen MR) is 74.0 cm³/mol. The monoisotopic (exact) mass is 242 g/mol. The van der Waals surface area contributed by atoms with Crippen LogP contribution in [-0.4, -0.2) is 6.04 Å². The lowest BCUT2D eigenvalue weighted by molar-refractivity contribution is 0.225. The zero-order valence-electron chi connectivity index (χ0n) is 11.3. The Morgan fingerprint density at radius 1 is 1.28 bits per heavy atom. The number of nitriles is 1. The highest BCUT2D eigenvalue weighted by Crippen LogP contribution is 2.29. The Labute approximate surface area is 110 Å². The fourth-order valence-electron chi connectivity index (χ4n) is 2.75. The second-order valence-corrected chi connectivity index (χ2v) is 5.66. The minimum Gasteiger partial charge on any atom is -0.310 e. The van der Waals surface area contributed by atoms with Crippen LogP contribution in [0.25, 0.3) is 0 Å². The molecule has 0 bridgehead atoms. The lowest BCUT2D eigenvalue weighted by Gasteiger charge is -2.32. The van der Waals surface area contributed by atoms with Crippen molar-refractivity contribution in [3.8, 4) is 6.07 Å². The van der Waals surface area contributed by atoms with Crippen molar-refractivity contribution < 1.29 is 0 Å². The molecule has 0 aliphatic heterocycles. The normalized spacial score (nSPS) is 27.7. The first-order valence-electron chi connectivity index (χ1n) is 6.91. The first kappa shape index (κ1) is 13.1. The third-order valence-corrected chi connectivity index (χ3v) is 4.25. The SMILES string of the molecule is CC1CCC(NCc2cccc(C#N)c2)CC1C. The molecule has 18 heavy (non-hydrogen) atoms. The van der Waals surface area contributed by atoms with E-state index in [1.54, 1.807) is 0 Å². The Morgan fingerprint density at radius 3 is 2.83 bits per heavy atom. The molecule has 1 aromatic rings. The van der Waals surface area contributed by atoms with Gasteiger partial charge >= 0.3 is 0 Å². The summed E-state index contributed by atoms with van der Waals surface area (Å²) >= 11 is 0. The molecule has 2 heteroatoms. The van der Waals surface area contributed by atoms with Crippen LogP contribution < -0.4 is 5.32 Å². The molecule has 1 saturated carbocycles. The quantitative estimate of drug-likeness (QED) is 0.881. The maximum Gasteiger partial charge on any atom is 0.0991 e.